The van der Waals surface area contributed by atoms with E-state index in [1.807, 2.05) is 6.07 Å². The van der Waals surface area contributed by atoms with Gasteiger partial charge in [-0.15, -0.1) is 0 Å². The van der Waals surface area contributed by atoms with Crippen LogP contribution in [0.25, 0.3) is 0 Å². The Hall–Kier alpha value is -3.34. The molecule has 0 aromatic heterocycles. The Balaban J connectivity index is 1.59. The summed E-state index contributed by atoms with van der Waals surface area (Å²) in [5.74, 6) is 1.03. The number of ether oxygens (including phenoxy) is 2. The average Bonchev–Trinajstić information content (AvgIpc) is 2.57. The molecule has 5 heteroatoms. The zero-order valence-corrected chi connectivity index (χ0v) is 12.6. The minimum Gasteiger partial charge on any atom is -0.457 e. The van der Waals surface area contributed by atoms with Gasteiger partial charge in [-0.1, -0.05) is 24.3 Å². The number of hydrogen-bond acceptors (Lipinski definition) is 3. The van der Waals surface area contributed by atoms with Gasteiger partial charge in [0.1, 0.15) is 23.1 Å². The van der Waals surface area contributed by atoms with E-state index in [0.717, 1.165) is 0 Å². The maximum absolute atomic E-state index is 13.1. The van der Waals surface area contributed by atoms with Crippen LogP contribution in [0.2, 0.25) is 0 Å². The standard InChI is InChI=1S/C19H14FNO3/c20-14-5-4-8-18(13-14)23-17-11-9-15(10-12-17)21-19(22)24-16-6-2-1-3-7-16/h1-13H,(H,21,22). The number of para-hydroxylation sites is 1. The number of nitrogens with one attached hydrogen (secondary N) is 1. The summed E-state index contributed by atoms with van der Waals surface area (Å²) >= 11 is 0. The molecule has 1 amide bonds. The van der Waals surface area contributed by atoms with Crippen LogP contribution in [0.5, 0.6) is 17.2 Å². The van der Waals surface area contributed by atoms with Gasteiger partial charge in [0.25, 0.3) is 0 Å². The van der Waals surface area contributed by atoms with Crippen molar-refractivity contribution in [3.63, 3.8) is 0 Å². The first kappa shape index (κ1) is 15.6. The lowest BCUT2D eigenvalue weighted by molar-refractivity contribution is 0.215. The van der Waals surface area contributed by atoms with E-state index in [-0.39, 0.29) is 5.82 Å². The van der Waals surface area contributed by atoms with Crippen molar-refractivity contribution < 1.29 is 18.7 Å². The molecule has 120 valence electrons. The molecule has 0 bridgehead atoms. The molecule has 0 saturated heterocycles. The predicted octanol–water partition coefficient (Wildman–Crippen LogP) is 5.23. The van der Waals surface area contributed by atoms with Gasteiger partial charge in [-0.05, 0) is 48.5 Å². The topological polar surface area (TPSA) is 47.6 Å². The molecular weight excluding hydrogens is 309 g/mol. The van der Waals surface area contributed by atoms with Gasteiger partial charge in [0.2, 0.25) is 0 Å². The quantitative estimate of drug-likeness (QED) is 0.715. The van der Waals surface area contributed by atoms with Crippen molar-refractivity contribution in [1.82, 2.24) is 0 Å². The van der Waals surface area contributed by atoms with Gasteiger partial charge in [-0.2, -0.15) is 0 Å². The Bertz CT molecular complexity index is 820. The van der Waals surface area contributed by atoms with Crippen molar-refractivity contribution >= 4 is 11.8 Å². The Morgan fingerprint density at radius 2 is 1.50 bits per heavy atom. The molecule has 0 fully saturated rings. The lowest BCUT2D eigenvalue weighted by Gasteiger charge is -2.08. The summed E-state index contributed by atoms with van der Waals surface area (Å²) in [6, 6.07) is 21.3. The molecule has 24 heavy (non-hydrogen) atoms. The molecule has 0 saturated carbocycles. The smallest absolute Gasteiger partial charge is 0.417 e. The normalized spacial score (nSPS) is 10.0. The van der Waals surface area contributed by atoms with Crippen LogP contribution < -0.4 is 14.8 Å². The fourth-order valence-electron chi connectivity index (χ4n) is 2.01. The lowest BCUT2D eigenvalue weighted by Crippen LogP contribution is -2.16. The van der Waals surface area contributed by atoms with Crippen molar-refractivity contribution in [3.8, 4) is 17.2 Å². The van der Waals surface area contributed by atoms with Crippen LogP contribution in [0.3, 0.4) is 0 Å². The van der Waals surface area contributed by atoms with E-state index in [1.165, 1.54) is 12.1 Å². The second kappa shape index (κ2) is 7.28. The zero-order chi connectivity index (χ0) is 16.8. The molecule has 0 aliphatic carbocycles. The molecule has 0 spiro atoms. The van der Waals surface area contributed by atoms with Crippen molar-refractivity contribution in [2.24, 2.45) is 0 Å². The molecule has 3 aromatic carbocycles. The van der Waals surface area contributed by atoms with Crippen molar-refractivity contribution in [3.05, 3.63) is 84.7 Å². The average molecular weight is 323 g/mol. The third-order valence-electron chi connectivity index (χ3n) is 3.09. The summed E-state index contributed by atoms with van der Waals surface area (Å²) in [4.78, 5) is 11.8. The highest BCUT2D eigenvalue weighted by atomic mass is 19.1. The van der Waals surface area contributed by atoms with E-state index in [9.17, 15) is 9.18 Å². The fraction of sp³-hybridized carbons (Fsp3) is 0. The van der Waals surface area contributed by atoms with Gasteiger partial charge >= 0.3 is 6.09 Å². The first-order valence-corrected chi connectivity index (χ1v) is 7.26. The van der Waals surface area contributed by atoms with Crippen LogP contribution in [0, 0.1) is 5.82 Å². The van der Waals surface area contributed by atoms with Crippen LogP contribution in [0.1, 0.15) is 0 Å². The van der Waals surface area contributed by atoms with Crippen LogP contribution >= 0.6 is 0 Å². The summed E-state index contributed by atoms with van der Waals surface area (Å²) in [6.07, 6.45) is -0.583. The highest BCUT2D eigenvalue weighted by Crippen LogP contribution is 2.23. The maximum Gasteiger partial charge on any atom is 0.417 e. The number of carbonyl (C=O) groups is 1. The number of amides is 1. The Labute approximate surface area is 138 Å². The third-order valence-corrected chi connectivity index (χ3v) is 3.09. The van der Waals surface area contributed by atoms with Gasteiger partial charge in [-0.25, -0.2) is 9.18 Å². The van der Waals surface area contributed by atoms with Gasteiger partial charge in [0.15, 0.2) is 0 Å². The molecule has 0 atom stereocenters. The number of hydrogen-bond donors (Lipinski definition) is 1. The van der Waals surface area contributed by atoms with E-state index >= 15 is 0 Å². The predicted molar refractivity (Wildman–Crippen MR) is 89.0 cm³/mol. The van der Waals surface area contributed by atoms with Crippen molar-refractivity contribution in [2.45, 2.75) is 0 Å². The fourth-order valence-corrected chi connectivity index (χ4v) is 2.01. The van der Waals surface area contributed by atoms with E-state index in [0.29, 0.717) is 22.9 Å². The van der Waals surface area contributed by atoms with Gasteiger partial charge < -0.3 is 9.47 Å². The number of halogens is 1. The summed E-state index contributed by atoms with van der Waals surface area (Å²) in [5, 5.41) is 2.61. The molecule has 3 rings (SSSR count). The van der Waals surface area contributed by atoms with Crippen LogP contribution in [-0.2, 0) is 0 Å². The molecule has 0 radical (unpaired) electrons. The molecule has 0 unspecified atom stereocenters. The minimum absolute atomic E-state index is 0.366. The lowest BCUT2D eigenvalue weighted by atomic mass is 10.3. The Kier molecular flexibility index (Phi) is 4.72. The Morgan fingerprint density at radius 1 is 0.792 bits per heavy atom. The molecular formula is C19H14FNO3. The molecule has 3 aromatic rings. The summed E-state index contributed by atoms with van der Waals surface area (Å²) in [5.41, 5.74) is 0.558. The highest BCUT2D eigenvalue weighted by Gasteiger charge is 2.05. The van der Waals surface area contributed by atoms with Gasteiger partial charge in [-0.3, -0.25) is 5.32 Å². The summed E-state index contributed by atoms with van der Waals surface area (Å²) in [7, 11) is 0. The van der Waals surface area contributed by atoms with E-state index in [2.05, 4.69) is 5.32 Å². The first-order chi connectivity index (χ1) is 11.7. The van der Waals surface area contributed by atoms with Crippen LogP contribution in [-0.4, -0.2) is 6.09 Å². The third kappa shape index (κ3) is 4.33. The summed E-state index contributed by atoms with van der Waals surface area (Å²) in [6.45, 7) is 0. The number of rotatable bonds is 4. The highest BCUT2D eigenvalue weighted by molar-refractivity contribution is 5.86. The molecule has 0 aliphatic rings. The zero-order valence-electron chi connectivity index (χ0n) is 12.6. The largest absolute Gasteiger partial charge is 0.457 e. The van der Waals surface area contributed by atoms with Gasteiger partial charge in [0.05, 0.1) is 0 Å². The monoisotopic (exact) mass is 323 g/mol. The maximum atomic E-state index is 13.1. The van der Waals surface area contributed by atoms with Crippen LogP contribution in [0.4, 0.5) is 14.9 Å². The van der Waals surface area contributed by atoms with Crippen molar-refractivity contribution in [1.29, 1.82) is 0 Å². The second-order valence-corrected chi connectivity index (χ2v) is 4.91. The molecule has 4 nitrogen and oxygen atoms in total. The van der Waals surface area contributed by atoms with E-state index in [4.69, 9.17) is 9.47 Å². The van der Waals surface area contributed by atoms with Crippen LogP contribution in [0.15, 0.2) is 78.9 Å². The molecule has 0 heterocycles. The van der Waals surface area contributed by atoms with Crippen molar-refractivity contribution in [2.75, 3.05) is 5.32 Å². The molecule has 1 N–H and O–H groups in total. The first-order valence-electron chi connectivity index (χ1n) is 7.26. The number of carbonyl (C=O) groups excluding carboxylic acids is 1. The Morgan fingerprint density at radius 3 is 2.21 bits per heavy atom. The SMILES string of the molecule is O=C(Nc1ccc(Oc2cccc(F)c2)cc1)Oc1ccccc1. The summed E-state index contributed by atoms with van der Waals surface area (Å²) < 4.78 is 23.8. The van der Waals surface area contributed by atoms with Gasteiger partial charge in [0, 0.05) is 11.8 Å². The minimum atomic E-state index is -0.583. The molecule has 0 aliphatic heterocycles. The number of anilines is 1. The second-order valence-electron chi connectivity index (χ2n) is 4.91. The van der Waals surface area contributed by atoms with E-state index < -0.39 is 6.09 Å². The van der Waals surface area contributed by atoms with E-state index in [1.54, 1.807) is 60.7 Å². The number of benzene rings is 3.